The summed E-state index contributed by atoms with van der Waals surface area (Å²) in [6.45, 7) is 11.3. The van der Waals surface area contributed by atoms with Gasteiger partial charge in [0.05, 0.1) is 19.3 Å². The van der Waals surface area contributed by atoms with Gasteiger partial charge in [-0.25, -0.2) is 14.0 Å². The van der Waals surface area contributed by atoms with Crippen LogP contribution in [0.5, 0.6) is 5.75 Å². The van der Waals surface area contributed by atoms with Gasteiger partial charge in [0.15, 0.2) is 0 Å². The number of benzene rings is 2. The molecule has 0 saturated carbocycles. The fourth-order valence-electron chi connectivity index (χ4n) is 5.37. The number of ether oxygens (including phenoxy) is 3. The van der Waals surface area contributed by atoms with E-state index in [1.807, 2.05) is 62.4 Å². The number of likely N-dealkylation sites (tertiary alicyclic amines) is 2. The molecular formula is C34H46FN3O6. The lowest BCUT2D eigenvalue weighted by Gasteiger charge is -2.31. The summed E-state index contributed by atoms with van der Waals surface area (Å²) < 4.78 is 30.5. The molecule has 240 valence electrons. The molecule has 2 unspecified atom stereocenters. The van der Waals surface area contributed by atoms with E-state index < -0.39 is 23.9 Å². The molecule has 2 fully saturated rings. The Hall–Kier alpha value is -3.82. The van der Waals surface area contributed by atoms with E-state index in [1.165, 1.54) is 4.90 Å². The number of halogens is 1. The number of carbonyl (C=O) groups is 3. The minimum atomic E-state index is -1.04. The second-order valence-electron chi connectivity index (χ2n) is 13.0. The van der Waals surface area contributed by atoms with E-state index in [2.05, 4.69) is 5.32 Å². The fraction of sp³-hybridized carbons (Fsp3) is 0.559. The predicted octanol–water partition coefficient (Wildman–Crippen LogP) is 6.00. The van der Waals surface area contributed by atoms with Gasteiger partial charge in [-0.15, -0.1) is 0 Å². The van der Waals surface area contributed by atoms with Gasteiger partial charge in [-0.2, -0.15) is 0 Å². The number of alkyl carbamates (subject to hydrolysis) is 1. The highest BCUT2D eigenvalue weighted by atomic mass is 19.1. The Balaban J connectivity index is 1.31. The molecule has 2 aromatic carbocycles. The molecule has 2 aliphatic rings. The summed E-state index contributed by atoms with van der Waals surface area (Å²) in [5, 5.41) is 2.70. The highest BCUT2D eigenvalue weighted by molar-refractivity contribution is 5.86. The van der Waals surface area contributed by atoms with Crippen molar-refractivity contribution < 1.29 is 33.0 Å². The fourth-order valence-corrected chi connectivity index (χ4v) is 5.37. The van der Waals surface area contributed by atoms with Crippen LogP contribution >= 0.6 is 0 Å². The van der Waals surface area contributed by atoms with Crippen LogP contribution in [0.3, 0.4) is 0 Å². The van der Waals surface area contributed by atoms with Crippen molar-refractivity contribution >= 4 is 18.1 Å². The molecule has 2 atom stereocenters. The second-order valence-corrected chi connectivity index (χ2v) is 13.0. The largest absolute Gasteiger partial charge is 0.493 e. The maximum absolute atomic E-state index is 13.8. The third kappa shape index (κ3) is 9.86. The van der Waals surface area contributed by atoms with Gasteiger partial charge in [-0.1, -0.05) is 36.4 Å². The third-order valence-corrected chi connectivity index (χ3v) is 7.71. The zero-order valence-electron chi connectivity index (χ0n) is 26.5. The number of hydrogen-bond donors (Lipinski definition) is 1. The number of alkyl halides is 1. The number of carbonyl (C=O) groups excluding carboxylic acids is 3. The first-order valence-corrected chi connectivity index (χ1v) is 15.6. The summed E-state index contributed by atoms with van der Waals surface area (Å²) in [6, 6.07) is 14.9. The molecule has 10 heteroatoms. The normalized spacial score (nSPS) is 18.2. The van der Waals surface area contributed by atoms with Crippen molar-refractivity contribution in [2.45, 2.75) is 84.2 Å². The van der Waals surface area contributed by atoms with Crippen molar-refractivity contribution in [3.05, 3.63) is 54.1 Å². The van der Waals surface area contributed by atoms with Crippen molar-refractivity contribution in [1.29, 1.82) is 0 Å². The Labute approximate surface area is 260 Å². The van der Waals surface area contributed by atoms with Gasteiger partial charge >= 0.3 is 12.2 Å². The molecule has 2 heterocycles. The molecule has 2 aliphatic heterocycles. The van der Waals surface area contributed by atoms with Crippen molar-refractivity contribution in [2.75, 3.05) is 32.8 Å². The molecule has 2 aromatic rings. The molecule has 44 heavy (non-hydrogen) atoms. The van der Waals surface area contributed by atoms with Crippen LogP contribution in [0.25, 0.3) is 11.1 Å². The van der Waals surface area contributed by atoms with Gasteiger partial charge in [0.2, 0.25) is 5.91 Å². The van der Waals surface area contributed by atoms with E-state index in [1.54, 1.807) is 25.7 Å². The van der Waals surface area contributed by atoms with Crippen LogP contribution in [0.15, 0.2) is 48.5 Å². The van der Waals surface area contributed by atoms with E-state index in [4.69, 9.17) is 14.2 Å². The van der Waals surface area contributed by atoms with Crippen molar-refractivity contribution in [1.82, 2.24) is 15.1 Å². The SMILES string of the molecule is CC(C)OC(=O)N1CCC(COc2ccc(-c3ccc(CC(NC(=O)OC(C)(C)C)C(=O)N4CCC(F)C4)cc3)cc2)CC1. The molecule has 0 aliphatic carbocycles. The van der Waals surface area contributed by atoms with E-state index >= 15 is 0 Å². The number of rotatable bonds is 9. The third-order valence-electron chi connectivity index (χ3n) is 7.71. The standard InChI is InChI=1S/C34H46FN3O6/c1-23(2)43-33(41)37-17-14-25(15-18-37)22-42-29-12-10-27(11-13-29)26-8-6-24(7-9-26)20-30(36-32(40)44-34(3,4)5)31(39)38-19-16-28(35)21-38/h6-13,23,25,28,30H,14-22H2,1-5H3,(H,36,40). The highest BCUT2D eigenvalue weighted by Crippen LogP contribution is 2.25. The molecule has 3 amide bonds. The molecule has 0 bridgehead atoms. The number of amides is 3. The zero-order valence-corrected chi connectivity index (χ0v) is 26.5. The van der Waals surface area contributed by atoms with E-state index in [0.29, 0.717) is 38.6 Å². The lowest BCUT2D eigenvalue weighted by atomic mass is 9.98. The van der Waals surface area contributed by atoms with Crippen LogP contribution in [0.2, 0.25) is 0 Å². The summed E-state index contributed by atoms with van der Waals surface area (Å²) in [5.74, 6) is 0.864. The van der Waals surface area contributed by atoms with Crippen LogP contribution in [0.4, 0.5) is 14.0 Å². The van der Waals surface area contributed by atoms with Gasteiger partial charge in [0.25, 0.3) is 0 Å². The first kappa shape index (κ1) is 33.1. The maximum Gasteiger partial charge on any atom is 0.410 e. The number of nitrogens with one attached hydrogen (secondary N) is 1. The first-order valence-electron chi connectivity index (χ1n) is 15.6. The lowest BCUT2D eigenvalue weighted by molar-refractivity contribution is -0.132. The minimum absolute atomic E-state index is 0.0398. The van der Waals surface area contributed by atoms with Gasteiger partial charge in [0, 0.05) is 26.1 Å². The Morgan fingerprint density at radius 1 is 0.909 bits per heavy atom. The van der Waals surface area contributed by atoms with E-state index in [-0.39, 0.29) is 31.1 Å². The Morgan fingerprint density at radius 2 is 1.50 bits per heavy atom. The van der Waals surface area contributed by atoms with Crippen molar-refractivity contribution in [3.8, 4) is 16.9 Å². The summed E-state index contributed by atoms with van der Waals surface area (Å²) in [7, 11) is 0. The summed E-state index contributed by atoms with van der Waals surface area (Å²) in [5.41, 5.74) is 2.18. The number of hydrogen-bond acceptors (Lipinski definition) is 6. The zero-order chi connectivity index (χ0) is 31.9. The second kappa shape index (κ2) is 14.8. The topological polar surface area (TPSA) is 97.4 Å². The average Bonchev–Trinajstić information content (AvgIpc) is 3.41. The quantitative estimate of drug-likeness (QED) is 0.374. The first-order chi connectivity index (χ1) is 20.9. The molecule has 0 spiro atoms. The number of nitrogens with zero attached hydrogens (tertiary/aromatic N) is 2. The summed E-state index contributed by atoms with van der Waals surface area (Å²) in [4.78, 5) is 41.0. The highest BCUT2D eigenvalue weighted by Gasteiger charge is 2.33. The minimum Gasteiger partial charge on any atom is -0.493 e. The molecule has 1 N–H and O–H groups in total. The van der Waals surface area contributed by atoms with Gasteiger partial charge in [-0.3, -0.25) is 4.79 Å². The number of piperidine rings is 1. The van der Waals surface area contributed by atoms with E-state index in [9.17, 15) is 18.8 Å². The predicted molar refractivity (Wildman–Crippen MR) is 166 cm³/mol. The van der Waals surface area contributed by atoms with Crippen LogP contribution in [-0.4, -0.2) is 84.6 Å². The molecular weight excluding hydrogens is 565 g/mol. The molecule has 4 rings (SSSR count). The van der Waals surface area contributed by atoms with Crippen LogP contribution in [-0.2, 0) is 20.7 Å². The van der Waals surface area contributed by atoms with Crippen LogP contribution in [0.1, 0.15) is 59.4 Å². The molecule has 0 aromatic heterocycles. The molecule has 9 nitrogen and oxygen atoms in total. The lowest BCUT2D eigenvalue weighted by Crippen LogP contribution is -2.50. The van der Waals surface area contributed by atoms with Gasteiger partial charge in [0.1, 0.15) is 23.6 Å². The average molecular weight is 612 g/mol. The maximum atomic E-state index is 13.8. The van der Waals surface area contributed by atoms with E-state index in [0.717, 1.165) is 35.3 Å². The molecule has 2 saturated heterocycles. The molecule has 0 radical (unpaired) electrons. The van der Waals surface area contributed by atoms with Crippen LogP contribution in [0, 0.1) is 5.92 Å². The smallest absolute Gasteiger partial charge is 0.410 e. The Morgan fingerprint density at radius 3 is 2.05 bits per heavy atom. The monoisotopic (exact) mass is 611 g/mol. The van der Waals surface area contributed by atoms with Crippen LogP contribution < -0.4 is 10.1 Å². The Kier molecular flexibility index (Phi) is 11.1. The van der Waals surface area contributed by atoms with Crippen molar-refractivity contribution in [2.24, 2.45) is 5.92 Å². The summed E-state index contributed by atoms with van der Waals surface area (Å²) >= 11 is 0. The Bertz CT molecular complexity index is 1250. The van der Waals surface area contributed by atoms with Gasteiger partial charge < -0.3 is 29.3 Å². The van der Waals surface area contributed by atoms with Crippen molar-refractivity contribution in [3.63, 3.8) is 0 Å². The van der Waals surface area contributed by atoms with Gasteiger partial charge in [-0.05, 0) is 88.6 Å². The summed E-state index contributed by atoms with van der Waals surface area (Å²) in [6.07, 6.45) is 0.243.